The van der Waals surface area contributed by atoms with Crippen LogP contribution in [0.25, 0.3) is 0 Å². The maximum atomic E-state index is 12.4. The van der Waals surface area contributed by atoms with E-state index in [1.807, 2.05) is 6.07 Å². The van der Waals surface area contributed by atoms with Crippen LogP contribution in [0.15, 0.2) is 66.9 Å². The number of nitrogens with one attached hydrogen (secondary N) is 1. The smallest absolute Gasteiger partial charge is 0.287 e. The Morgan fingerprint density at radius 2 is 1.88 bits per heavy atom. The largest absolute Gasteiger partial charge is 0.439 e. The van der Waals surface area contributed by atoms with Gasteiger partial charge in [0.2, 0.25) is 11.8 Å². The van der Waals surface area contributed by atoms with Crippen molar-refractivity contribution < 1.29 is 19.2 Å². The number of nitro groups is 1. The van der Waals surface area contributed by atoms with Crippen molar-refractivity contribution in [2.45, 2.75) is 19.4 Å². The SMILES string of the molecule is CC(=O)c1ccc(NC(=O)C(N)Cc2cccc(Oc3ccc([N+](=O)[O-])cn3)c2)cc1.Cl. The van der Waals surface area contributed by atoms with Gasteiger partial charge in [-0.3, -0.25) is 19.7 Å². The van der Waals surface area contributed by atoms with Gasteiger partial charge in [0.25, 0.3) is 5.69 Å². The molecular weight excluding hydrogens is 436 g/mol. The van der Waals surface area contributed by atoms with Crippen LogP contribution in [-0.4, -0.2) is 27.6 Å². The van der Waals surface area contributed by atoms with Crippen LogP contribution in [0.4, 0.5) is 11.4 Å². The lowest BCUT2D eigenvalue weighted by molar-refractivity contribution is -0.385. The predicted molar refractivity (Wildman–Crippen MR) is 121 cm³/mol. The number of carbonyl (C=O) groups is 2. The third kappa shape index (κ3) is 6.59. The van der Waals surface area contributed by atoms with E-state index >= 15 is 0 Å². The molecule has 10 heteroatoms. The van der Waals surface area contributed by atoms with E-state index in [9.17, 15) is 19.7 Å². The van der Waals surface area contributed by atoms with Crippen molar-refractivity contribution >= 4 is 35.5 Å². The van der Waals surface area contributed by atoms with Crippen molar-refractivity contribution in [3.8, 4) is 11.6 Å². The van der Waals surface area contributed by atoms with Crippen molar-refractivity contribution in [2.75, 3.05) is 5.32 Å². The molecule has 1 unspecified atom stereocenters. The molecule has 1 aromatic heterocycles. The fourth-order valence-electron chi connectivity index (χ4n) is 2.77. The molecule has 166 valence electrons. The van der Waals surface area contributed by atoms with Gasteiger partial charge in [-0.1, -0.05) is 12.1 Å². The molecule has 3 N–H and O–H groups in total. The maximum Gasteiger partial charge on any atom is 0.287 e. The summed E-state index contributed by atoms with van der Waals surface area (Å²) < 4.78 is 5.62. The molecule has 1 atom stereocenters. The molecule has 0 aliphatic carbocycles. The molecule has 2 aromatic carbocycles. The van der Waals surface area contributed by atoms with E-state index in [4.69, 9.17) is 10.5 Å². The fraction of sp³-hybridized carbons (Fsp3) is 0.136. The molecule has 3 rings (SSSR count). The number of pyridine rings is 1. The van der Waals surface area contributed by atoms with E-state index in [1.54, 1.807) is 42.5 Å². The highest BCUT2D eigenvalue weighted by atomic mass is 35.5. The second-order valence-corrected chi connectivity index (χ2v) is 6.79. The Morgan fingerprint density at radius 3 is 2.47 bits per heavy atom. The zero-order valence-electron chi connectivity index (χ0n) is 17.1. The van der Waals surface area contributed by atoms with E-state index in [2.05, 4.69) is 10.3 Å². The highest BCUT2D eigenvalue weighted by Gasteiger charge is 2.15. The molecule has 9 nitrogen and oxygen atoms in total. The molecular formula is C22H21ClN4O5. The van der Waals surface area contributed by atoms with Crippen molar-refractivity contribution in [3.63, 3.8) is 0 Å². The van der Waals surface area contributed by atoms with Gasteiger partial charge in [0.05, 0.1) is 11.0 Å². The van der Waals surface area contributed by atoms with Gasteiger partial charge >= 0.3 is 0 Å². The van der Waals surface area contributed by atoms with Gasteiger partial charge in [0.1, 0.15) is 11.9 Å². The standard InChI is InChI=1S/C22H20N4O5.ClH/c1-14(27)16-5-7-17(8-6-16)25-22(28)20(23)12-15-3-2-4-19(11-15)31-21-10-9-18(13-24-21)26(29)30;/h2-11,13,20H,12,23H2,1H3,(H,25,28);1H. The first-order chi connectivity index (χ1) is 14.8. The summed E-state index contributed by atoms with van der Waals surface area (Å²) in [4.78, 5) is 37.8. The number of Topliss-reactive ketones (excluding diaryl/α,β-unsaturated/α-hetero) is 1. The average Bonchev–Trinajstić information content (AvgIpc) is 2.74. The first kappa shape index (κ1) is 24.4. The van der Waals surface area contributed by atoms with Gasteiger partial charge < -0.3 is 15.8 Å². The van der Waals surface area contributed by atoms with Crippen molar-refractivity contribution in [1.29, 1.82) is 0 Å². The van der Waals surface area contributed by atoms with Gasteiger partial charge in [-0.15, -0.1) is 12.4 Å². The number of amides is 1. The van der Waals surface area contributed by atoms with Crippen LogP contribution < -0.4 is 15.8 Å². The van der Waals surface area contributed by atoms with Gasteiger partial charge in [-0.2, -0.15) is 0 Å². The highest BCUT2D eigenvalue weighted by molar-refractivity contribution is 5.97. The summed E-state index contributed by atoms with van der Waals surface area (Å²) in [5.41, 5.74) is 7.79. The third-order valence-electron chi connectivity index (χ3n) is 4.40. The molecule has 0 spiro atoms. The number of carbonyl (C=O) groups excluding carboxylic acids is 2. The topological polar surface area (TPSA) is 137 Å². The summed E-state index contributed by atoms with van der Waals surface area (Å²) >= 11 is 0. The maximum absolute atomic E-state index is 12.4. The Morgan fingerprint density at radius 1 is 1.16 bits per heavy atom. The second-order valence-electron chi connectivity index (χ2n) is 6.79. The Kier molecular flexibility index (Phi) is 8.39. The number of ketones is 1. The normalized spacial score (nSPS) is 11.1. The number of rotatable bonds is 8. The Hall–Kier alpha value is -3.82. The molecule has 0 saturated heterocycles. The molecule has 0 saturated carbocycles. The molecule has 0 aliphatic heterocycles. The zero-order chi connectivity index (χ0) is 22.4. The van der Waals surface area contributed by atoms with Crippen molar-refractivity contribution in [2.24, 2.45) is 5.73 Å². The summed E-state index contributed by atoms with van der Waals surface area (Å²) in [7, 11) is 0. The third-order valence-corrected chi connectivity index (χ3v) is 4.40. The second kappa shape index (κ2) is 11.0. The van der Waals surface area contributed by atoms with E-state index in [0.717, 1.165) is 11.8 Å². The summed E-state index contributed by atoms with van der Waals surface area (Å²) in [5, 5.41) is 13.4. The number of ether oxygens (including phenoxy) is 1. The summed E-state index contributed by atoms with van der Waals surface area (Å²) in [6.45, 7) is 1.47. The number of nitrogens with zero attached hydrogens (tertiary/aromatic N) is 2. The summed E-state index contributed by atoms with van der Waals surface area (Å²) in [6.07, 6.45) is 1.38. The Bertz CT molecular complexity index is 1100. The number of anilines is 1. The van der Waals surface area contributed by atoms with Gasteiger partial charge in [0.15, 0.2) is 5.78 Å². The Labute approximate surface area is 190 Å². The van der Waals surface area contributed by atoms with E-state index in [-0.39, 0.29) is 42.1 Å². The monoisotopic (exact) mass is 456 g/mol. The minimum atomic E-state index is -0.805. The van der Waals surface area contributed by atoms with Crippen LogP contribution in [-0.2, 0) is 11.2 Å². The number of benzene rings is 2. The van der Waals surface area contributed by atoms with E-state index in [0.29, 0.717) is 17.0 Å². The van der Waals surface area contributed by atoms with Crippen molar-refractivity contribution in [3.05, 3.63) is 88.1 Å². The van der Waals surface area contributed by atoms with Crippen LogP contribution in [0, 0.1) is 10.1 Å². The van der Waals surface area contributed by atoms with Crippen LogP contribution in [0.3, 0.4) is 0 Å². The highest BCUT2D eigenvalue weighted by Crippen LogP contribution is 2.22. The van der Waals surface area contributed by atoms with Gasteiger partial charge in [-0.25, -0.2) is 4.98 Å². The fourth-order valence-corrected chi connectivity index (χ4v) is 2.77. The number of halogens is 1. The molecule has 0 bridgehead atoms. The Balaban J connectivity index is 0.00000363. The quantitative estimate of drug-likeness (QED) is 0.297. The van der Waals surface area contributed by atoms with Crippen molar-refractivity contribution in [1.82, 2.24) is 4.98 Å². The summed E-state index contributed by atoms with van der Waals surface area (Å²) in [5.74, 6) is 0.254. The minimum Gasteiger partial charge on any atom is -0.439 e. The average molecular weight is 457 g/mol. The lowest BCUT2D eigenvalue weighted by Crippen LogP contribution is -2.37. The molecule has 0 fully saturated rings. The zero-order valence-corrected chi connectivity index (χ0v) is 17.9. The van der Waals surface area contributed by atoms with Crippen LogP contribution >= 0.6 is 12.4 Å². The van der Waals surface area contributed by atoms with E-state index < -0.39 is 11.0 Å². The van der Waals surface area contributed by atoms with Gasteiger partial charge in [0, 0.05) is 23.4 Å². The first-order valence-electron chi connectivity index (χ1n) is 9.36. The predicted octanol–water partition coefficient (Wildman–Crippen LogP) is 3.92. The first-order valence-corrected chi connectivity index (χ1v) is 9.36. The molecule has 0 radical (unpaired) electrons. The van der Waals surface area contributed by atoms with Crippen LogP contribution in [0.2, 0.25) is 0 Å². The van der Waals surface area contributed by atoms with Crippen LogP contribution in [0.1, 0.15) is 22.8 Å². The molecule has 32 heavy (non-hydrogen) atoms. The number of nitrogens with two attached hydrogens (primary N) is 1. The molecule has 1 amide bonds. The lowest BCUT2D eigenvalue weighted by Gasteiger charge is -2.13. The summed E-state index contributed by atoms with van der Waals surface area (Å²) in [6, 6.07) is 15.4. The molecule has 0 aliphatic rings. The minimum absolute atomic E-state index is 0. The van der Waals surface area contributed by atoms with E-state index in [1.165, 1.54) is 19.1 Å². The lowest BCUT2D eigenvalue weighted by atomic mass is 10.1. The number of hydrogen-bond acceptors (Lipinski definition) is 7. The molecule has 3 aromatic rings. The van der Waals surface area contributed by atoms with Gasteiger partial charge in [-0.05, 0) is 55.3 Å². The number of hydrogen-bond donors (Lipinski definition) is 2. The number of aromatic nitrogens is 1. The van der Waals surface area contributed by atoms with Crippen LogP contribution in [0.5, 0.6) is 11.6 Å². The molecule has 1 heterocycles.